The summed E-state index contributed by atoms with van der Waals surface area (Å²) in [6, 6.07) is 19.2. The molecule has 2 aliphatic rings. The van der Waals surface area contributed by atoms with Gasteiger partial charge in [-0.2, -0.15) is 0 Å². The first-order valence-corrected chi connectivity index (χ1v) is 10.4. The summed E-state index contributed by atoms with van der Waals surface area (Å²) in [7, 11) is 0. The van der Waals surface area contributed by atoms with E-state index in [4.69, 9.17) is 28.2 Å². The molecule has 4 rings (SSSR count). The Bertz CT molecular complexity index is 852. The first-order valence-electron chi connectivity index (χ1n) is 9.68. The van der Waals surface area contributed by atoms with E-state index in [0.29, 0.717) is 5.92 Å². The van der Waals surface area contributed by atoms with E-state index in [1.54, 1.807) is 0 Å². The van der Waals surface area contributed by atoms with Crippen LogP contribution in [0.4, 0.5) is 11.4 Å². The summed E-state index contributed by atoms with van der Waals surface area (Å²) in [6.45, 7) is 7.04. The van der Waals surface area contributed by atoms with E-state index in [9.17, 15) is 0 Å². The SMILES string of the molecule is CC(C)(C)C1CC[C@@]2(N=C(Cl)Cl)[C@@H](C1)c1ccccc1N2c1ccccc1. The van der Waals surface area contributed by atoms with Gasteiger partial charge >= 0.3 is 0 Å². The molecule has 2 aromatic rings. The van der Waals surface area contributed by atoms with E-state index in [0.717, 1.165) is 24.9 Å². The van der Waals surface area contributed by atoms with Crippen LogP contribution in [0, 0.1) is 11.3 Å². The average molecular weight is 401 g/mol. The molecule has 3 atom stereocenters. The molecule has 1 aliphatic heterocycles. The van der Waals surface area contributed by atoms with Crippen LogP contribution >= 0.6 is 23.2 Å². The second kappa shape index (κ2) is 6.83. The van der Waals surface area contributed by atoms with Crippen LogP contribution in [0.3, 0.4) is 0 Å². The van der Waals surface area contributed by atoms with Crippen molar-refractivity contribution in [3.63, 3.8) is 0 Å². The van der Waals surface area contributed by atoms with E-state index >= 15 is 0 Å². The van der Waals surface area contributed by atoms with Crippen molar-refractivity contribution in [1.82, 2.24) is 0 Å². The van der Waals surface area contributed by atoms with E-state index in [2.05, 4.69) is 74.2 Å². The third kappa shape index (κ3) is 3.17. The Kier molecular flexibility index (Phi) is 4.76. The number of rotatable bonds is 2. The molecule has 0 spiro atoms. The Labute approximate surface area is 172 Å². The van der Waals surface area contributed by atoms with Crippen molar-refractivity contribution in [2.24, 2.45) is 16.3 Å². The topological polar surface area (TPSA) is 15.6 Å². The monoisotopic (exact) mass is 400 g/mol. The summed E-state index contributed by atoms with van der Waals surface area (Å²) < 4.78 is 0.114. The Morgan fingerprint density at radius 3 is 2.37 bits per heavy atom. The Hall–Kier alpha value is -1.51. The molecule has 2 nitrogen and oxygen atoms in total. The van der Waals surface area contributed by atoms with Gasteiger partial charge in [0, 0.05) is 17.3 Å². The first-order chi connectivity index (χ1) is 12.8. The quantitative estimate of drug-likeness (QED) is 0.482. The molecular formula is C23H26Cl2N2. The van der Waals surface area contributed by atoms with Crippen LogP contribution in [0.1, 0.15) is 51.5 Å². The van der Waals surface area contributed by atoms with Gasteiger partial charge in [-0.25, -0.2) is 4.99 Å². The van der Waals surface area contributed by atoms with E-state index in [-0.39, 0.29) is 16.0 Å². The van der Waals surface area contributed by atoms with Gasteiger partial charge in [0.15, 0.2) is 4.63 Å². The van der Waals surface area contributed by atoms with Crippen LogP contribution in [0.5, 0.6) is 0 Å². The zero-order valence-electron chi connectivity index (χ0n) is 16.1. The lowest BCUT2D eigenvalue weighted by Crippen LogP contribution is -2.49. The number of benzene rings is 2. The highest BCUT2D eigenvalue weighted by Crippen LogP contribution is 2.60. The predicted octanol–water partition coefficient (Wildman–Crippen LogP) is 7.30. The maximum absolute atomic E-state index is 6.18. The number of halogens is 2. The summed E-state index contributed by atoms with van der Waals surface area (Å²) in [5.74, 6) is 0.920. The number of fused-ring (bicyclic) bond motifs is 3. The predicted molar refractivity (Wildman–Crippen MR) is 116 cm³/mol. The third-order valence-corrected chi connectivity index (χ3v) is 6.57. The summed E-state index contributed by atoms with van der Waals surface area (Å²) in [5, 5.41) is 0. The van der Waals surface area contributed by atoms with Gasteiger partial charge in [-0.15, -0.1) is 0 Å². The minimum Gasteiger partial charge on any atom is -0.315 e. The minimum absolute atomic E-state index is 0.114. The fourth-order valence-corrected chi connectivity index (χ4v) is 5.34. The Morgan fingerprint density at radius 2 is 1.70 bits per heavy atom. The molecule has 0 amide bonds. The molecule has 1 saturated carbocycles. The molecule has 1 unspecified atom stereocenters. The summed E-state index contributed by atoms with van der Waals surface area (Å²) in [5.41, 5.74) is 3.54. The highest BCUT2D eigenvalue weighted by atomic mass is 35.5. The van der Waals surface area contributed by atoms with Gasteiger partial charge in [0.1, 0.15) is 5.66 Å². The summed E-state index contributed by atoms with van der Waals surface area (Å²) >= 11 is 12.4. The molecule has 142 valence electrons. The lowest BCUT2D eigenvalue weighted by Gasteiger charge is -2.48. The molecule has 1 fully saturated rings. The molecule has 1 aliphatic carbocycles. The zero-order chi connectivity index (χ0) is 19.2. The maximum atomic E-state index is 6.18. The number of aliphatic imine (C=N–C) groups is 1. The van der Waals surface area contributed by atoms with Crippen molar-refractivity contribution in [2.75, 3.05) is 4.90 Å². The van der Waals surface area contributed by atoms with Gasteiger partial charge in [0.05, 0.1) is 0 Å². The molecule has 2 aromatic carbocycles. The van der Waals surface area contributed by atoms with Gasteiger partial charge in [-0.3, -0.25) is 0 Å². The highest BCUT2D eigenvalue weighted by Gasteiger charge is 2.56. The fourth-order valence-electron chi connectivity index (χ4n) is 5.05. The van der Waals surface area contributed by atoms with Crippen molar-refractivity contribution < 1.29 is 0 Å². The Balaban J connectivity index is 1.91. The fraction of sp³-hybridized carbons (Fsp3) is 0.435. The van der Waals surface area contributed by atoms with Crippen molar-refractivity contribution in [3.05, 3.63) is 60.2 Å². The highest BCUT2D eigenvalue weighted by molar-refractivity contribution is 6.95. The zero-order valence-corrected chi connectivity index (χ0v) is 17.6. The van der Waals surface area contributed by atoms with E-state index < -0.39 is 5.66 Å². The second-order valence-corrected chi connectivity index (χ2v) is 9.76. The molecule has 0 saturated heterocycles. The number of anilines is 2. The average Bonchev–Trinajstić information content (AvgIpc) is 2.90. The van der Waals surface area contributed by atoms with Crippen molar-refractivity contribution >= 4 is 39.2 Å². The number of hydrogen-bond acceptors (Lipinski definition) is 2. The summed E-state index contributed by atoms with van der Waals surface area (Å²) in [6.07, 6.45) is 3.14. The van der Waals surface area contributed by atoms with Crippen molar-refractivity contribution in [3.8, 4) is 0 Å². The lowest BCUT2D eigenvalue weighted by atomic mass is 9.64. The number of nitrogens with zero attached hydrogens (tertiary/aromatic N) is 2. The molecule has 27 heavy (non-hydrogen) atoms. The van der Waals surface area contributed by atoms with Crippen LogP contribution in [-0.4, -0.2) is 10.3 Å². The standard InChI is InChI=1S/C23H26Cl2N2/c1-22(2,3)16-13-14-23(26-21(24)25)19(15-16)18-11-7-8-12-20(18)27(23)17-9-5-4-6-10-17/h4-12,16,19H,13-15H2,1-3H3/t16?,19-,23-/m0/s1. The maximum Gasteiger partial charge on any atom is 0.194 e. The van der Waals surface area contributed by atoms with Crippen LogP contribution in [0.25, 0.3) is 0 Å². The molecule has 1 heterocycles. The smallest absolute Gasteiger partial charge is 0.194 e. The van der Waals surface area contributed by atoms with Crippen molar-refractivity contribution in [1.29, 1.82) is 0 Å². The van der Waals surface area contributed by atoms with Gasteiger partial charge in [0.2, 0.25) is 0 Å². The van der Waals surface area contributed by atoms with Crippen LogP contribution < -0.4 is 4.90 Å². The Morgan fingerprint density at radius 1 is 1.04 bits per heavy atom. The van der Waals surface area contributed by atoms with Crippen LogP contribution in [0.2, 0.25) is 0 Å². The molecule has 0 N–H and O–H groups in total. The van der Waals surface area contributed by atoms with Gasteiger partial charge < -0.3 is 4.90 Å². The van der Waals surface area contributed by atoms with Gasteiger partial charge in [-0.05, 0) is 77.6 Å². The van der Waals surface area contributed by atoms with Gasteiger partial charge in [-0.1, -0.05) is 57.2 Å². The molecule has 4 heteroatoms. The molecule has 0 radical (unpaired) electrons. The lowest BCUT2D eigenvalue weighted by molar-refractivity contribution is 0.123. The third-order valence-electron chi connectivity index (χ3n) is 6.40. The first kappa shape index (κ1) is 18.8. The number of hydrogen-bond donors (Lipinski definition) is 0. The minimum atomic E-state index is -0.453. The normalized spacial score (nSPS) is 27.1. The number of para-hydroxylation sites is 2. The van der Waals surface area contributed by atoms with Crippen LogP contribution in [-0.2, 0) is 0 Å². The molecular weight excluding hydrogens is 375 g/mol. The van der Waals surface area contributed by atoms with E-state index in [1.165, 1.54) is 11.3 Å². The molecule has 0 aromatic heterocycles. The van der Waals surface area contributed by atoms with Crippen molar-refractivity contribution in [2.45, 2.75) is 51.6 Å². The van der Waals surface area contributed by atoms with Gasteiger partial charge in [0.25, 0.3) is 0 Å². The van der Waals surface area contributed by atoms with E-state index in [1.807, 2.05) is 6.07 Å². The summed E-state index contributed by atoms with van der Waals surface area (Å²) in [4.78, 5) is 7.26. The second-order valence-electron chi connectivity index (χ2n) is 8.85. The largest absolute Gasteiger partial charge is 0.315 e. The molecule has 0 bridgehead atoms. The van der Waals surface area contributed by atoms with Crippen LogP contribution in [0.15, 0.2) is 59.6 Å².